The Morgan fingerprint density at radius 2 is 1.67 bits per heavy atom. The Labute approximate surface area is 149 Å². The number of nitrogens with zero attached hydrogens (tertiary/aromatic N) is 2. The van der Waals surface area contributed by atoms with E-state index in [2.05, 4.69) is 4.98 Å². The minimum atomic E-state index is -4.71. The van der Waals surface area contributed by atoms with Crippen molar-refractivity contribution in [1.29, 1.82) is 0 Å². The van der Waals surface area contributed by atoms with Gasteiger partial charge in [0.25, 0.3) is 0 Å². The average molecular weight is 428 g/mol. The normalized spacial score (nSPS) is 13.6. The molecule has 0 spiro atoms. The van der Waals surface area contributed by atoms with E-state index in [-0.39, 0.29) is 11.5 Å². The van der Waals surface area contributed by atoms with Gasteiger partial charge in [-0.25, -0.2) is 9.19 Å². The van der Waals surface area contributed by atoms with Gasteiger partial charge in [0.2, 0.25) is 0 Å². The second-order valence-corrected chi connectivity index (χ2v) is 6.94. The van der Waals surface area contributed by atoms with E-state index in [4.69, 9.17) is 34.8 Å². The lowest BCUT2D eigenvalue weighted by molar-refractivity contribution is -0.137. The van der Waals surface area contributed by atoms with E-state index in [0.717, 1.165) is 4.57 Å². The van der Waals surface area contributed by atoms with Crippen LogP contribution in [-0.2, 0) is 17.0 Å². The number of benzene rings is 1. The van der Waals surface area contributed by atoms with Crippen LogP contribution in [-0.4, -0.2) is 19.5 Å². The van der Waals surface area contributed by atoms with Crippen LogP contribution in [0.5, 0.6) is 0 Å². The minimum absolute atomic E-state index is 0.0208. The molecule has 0 saturated carbocycles. The van der Waals surface area contributed by atoms with Crippen LogP contribution in [0.1, 0.15) is 11.4 Å². The maximum absolute atomic E-state index is 12.8. The van der Waals surface area contributed by atoms with Crippen molar-refractivity contribution in [1.82, 2.24) is 9.55 Å². The molecule has 2 aromatic rings. The molecule has 132 valence electrons. The van der Waals surface area contributed by atoms with E-state index in [1.807, 2.05) is 0 Å². The van der Waals surface area contributed by atoms with Gasteiger partial charge >= 0.3 is 11.9 Å². The predicted octanol–water partition coefficient (Wildman–Crippen LogP) is 5.49. The first-order valence-electron chi connectivity index (χ1n) is 5.95. The molecule has 0 aliphatic heterocycles. The summed E-state index contributed by atoms with van der Waals surface area (Å²) < 4.78 is 76.6. The van der Waals surface area contributed by atoms with Crippen molar-refractivity contribution in [2.45, 2.75) is 23.9 Å². The summed E-state index contributed by atoms with van der Waals surface area (Å²) in [6.45, 7) is 1.32. The Hall–Kier alpha value is -0.900. The Bertz CT molecular complexity index is 799. The zero-order valence-corrected chi connectivity index (χ0v) is 14.6. The fourth-order valence-corrected chi connectivity index (χ4v) is 3.82. The molecule has 0 bridgehead atoms. The summed E-state index contributed by atoms with van der Waals surface area (Å²) in [5.41, 5.74) is -1.39. The molecule has 2 rings (SSSR count). The highest BCUT2D eigenvalue weighted by atomic mass is 35.5. The second kappa shape index (κ2) is 6.78. The van der Waals surface area contributed by atoms with Gasteiger partial charge < -0.3 is 0 Å². The monoisotopic (exact) mass is 426 g/mol. The van der Waals surface area contributed by atoms with Crippen molar-refractivity contribution in [3.05, 3.63) is 38.7 Å². The number of alkyl halides is 5. The molecule has 0 radical (unpaired) electrons. The molecule has 1 atom stereocenters. The van der Waals surface area contributed by atoms with Crippen LogP contribution >= 0.6 is 34.8 Å². The molecule has 0 saturated heterocycles. The molecule has 0 aliphatic carbocycles. The highest BCUT2D eigenvalue weighted by molar-refractivity contribution is 7.85. The smallest absolute Gasteiger partial charge is 0.285 e. The molecule has 1 aromatic carbocycles. The predicted molar refractivity (Wildman–Crippen MR) is 80.7 cm³/mol. The summed E-state index contributed by atoms with van der Waals surface area (Å²) in [6, 6.07) is 1.15. The van der Waals surface area contributed by atoms with E-state index in [1.54, 1.807) is 0 Å². The largest absolute Gasteiger partial charge is 0.416 e. The fourth-order valence-electron chi connectivity index (χ4n) is 1.94. The molecule has 1 heterocycles. The van der Waals surface area contributed by atoms with Gasteiger partial charge in [0.15, 0.2) is 10.2 Å². The van der Waals surface area contributed by atoms with Crippen LogP contribution in [0.2, 0.25) is 15.2 Å². The van der Waals surface area contributed by atoms with Gasteiger partial charge in [0.1, 0.15) is 16.6 Å². The molecule has 0 amide bonds. The Balaban J connectivity index is 2.77. The topological polar surface area (TPSA) is 34.9 Å². The van der Waals surface area contributed by atoms with Crippen molar-refractivity contribution in [3.63, 3.8) is 0 Å². The molecule has 12 heteroatoms. The molecule has 3 nitrogen and oxygen atoms in total. The Morgan fingerprint density at radius 3 is 2.08 bits per heavy atom. The number of halogens is 8. The number of hydrogen-bond acceptors (Lipinski definition) is 2. The molecule has 0 fully saturated rings. The number of hydrogen-bond donors (Lipinski definition) is 0. The first-order valence-corrected chi connectivity index (χ1v) is 8.30. The summed E-state index contributed by atoms with van der Waals surface area (Å²) in [4.78, 5) is 3.71. The minimum Gasteiger partial charge on any atom is -0.285 e. The number of imidazole rings is 1. The van der Waals surface area contributed by atoms with Crippen molar-refractivity contribution in [2.24, 2.45) is 0 Å². The van der Waals surface area contributed by atoms with Gasteiger partial charge in [0.05, 0.1) is 21.3 Å². The van der Waals surface area contributed by atoms with E-state index >= 15 is 0 Å². The highest BCUT2D eigenvalue weighted by Gasteiger charge is 2.34. The van der Waals surface area contributed by atoms with E-state index in [0.29, 0.717) is 12.1 Å². The number of rotatable bonds is 3. The summed E-state index contributed by atoms with van der Waals surface area (Å²) >= 11 is 17.4. The van der Waals surface area contributed by atoms with Crippen LogP contribution in [0.15, 0.2) is 17.2 Å². The van der Waals surface area contributed by atoms with Crippen molar-refractivity contribution < 1.29 is 26.2 Å². The summed E-state index contributed by atoms with van der Waals surface area (Å²) in [5.74, 6) is -3.31. The van der Waals surface area contributed by atoms with Crippen LogP contribution in [0, 0.1) is 6.92 Å². The first kappa shape index (κ1) is 19.4. The number of aryl methyl sites for hydroxylation is 1. The summed E-state index contributed by atoms with van der Waals surface area (Å²) in [5, 5.41) is -2.06. The Kier molecular flexibility index (Phi) is 5.49. The van der Waals surface area contributed by atoms with Crippen molar-refractivity contribution in [3.8, 4) is 5.69 Å². The van der Waals surface area contributed by atoms with Gasteiger partial charge in [-0.15, -0.1) is 0 Å². The standard InChI is InChI=1S/C12H6Cl3F5N2OS/c1-4-21-9(15)10(24(23)11(16)17)22(4)8-6(13)2-5(3-7(8)14)12(18,19)20/h2-3,11H,1H3. The van der Waals surface area contributed by atoms with Gasteiger partial charge in [-0.3, -0.25) is 4.57 Å². The van der Waals surface area contributed by atoms with Gasteiger partial charge in [-0.05, 0) is 19.1 Å². The molecule has 1 aromatic heterocycles. The van der Waals surface area contributed by atoms with E-state index in [9.17, 15) is 26.2 Å². The maximum Gasteiger partial charge on any atom is 0.416 e. The van der Waals surface area contributed by atoms with Gasteiger partial charge in [-0.2, -0.15) is 22.0 Å². The van der Waals surface area contributed by atoms with Crippen LogP contribution < -0.4 is 0 Å². The van der Waals surface area contributed by atoms with Crippen LogP contribution in [0.3, 0.4) is 0 Å². The number of aromatic nitrogens is 2. The fraction of sp³-hybridized carbons (Fsp3) is 0.250. The van der Waals surface area contributed by atoms with E-state index < -0.39 is 48.5 Å². The Morgan fingerprint density at radius 1 is 1.17 bits per heavy atom. The molecular weight excluding hydrogens is 422 g/mol. The van der Waals surface area contributed by atoms with Crippen molar-refractivity contribution in [2.75, 3.05) is 0 Å². The average Bonchev–Trinajstić information content (AvgIpc) is 2.71. The third kappa shape index (κ3) is 3.54. The molecule has 0 aliphatic rings. The zero-order valence-electron chi connectivity index (χ0n) is 11.5. The second-order valence-electron chi connectivity index (χ2n) is 4.43. The lowest BCUT2D eigenvalue weighted by Crippen LogP contribution is -2.12. The third-order valence-electron chi connectivity index (χ3n) is 2.88. The third-order valence-corrected chi connectivity index (χ3v) is 4.92. The first-order chi connectivity index (χ1) is 10.9. The van der Waals surface area contributed by atoms with Gasteiger partial charge in [0, 0.05) is 0 Å². The SMILES string of the molecule is Cc1nc(Cl)c(S(=O)C(F)F)n1-c1c(Cl)cc(C(F)(F)F)cc1Cl. The summed E-state index contributed by atoms with van der Waals surface area (Å²) in [6.07, 6.45) is -4.71. The van der Waals surface area contributed by atoms with Crippen LogP contribution in [0.25, 0.3) is 5.69 Å². The zero-order chi connectivity index (χ0) is 18.4. The van der Waals surface area contributed by atoms with Crippen LogP contribution in [0.4, 0.5) is 22.0 Å². The molecule has 0 N–H and O–H groups in total. The highest BCUT2D eigenvalue weighted by Crippen LogP contribution is 2.40. The van der Waals surface area contributed by atoms with E-state index in [1.165, 1.54) is 6.92 Å². The summed E-state index contributed by atoms with van der Waals surface area (Å²) in [7, 11) is -2.88. The van der Waals surface area contributed by atoms with Gasteiger partial charge in [-0.1, -0.05) is 34.8 Å². The molecule has 1 unspecified atom stereocenters. The quantitative estimate of drug-likeness (QED) is 0.607. The molecule has 24 heavy (non-hydrogen) atoms. The molecular formula is C12H6Cl3F5N2OS. The lowest BCUT2D eigenvalue weighted by atomic mass is 10.2. The maximum atomic E-state index is 12.8. The lowest BCUT2D eigenvalue weighted by Gasteiger charge is -2.16. The van der Waals surface area contributed by atoms with Crippen molar-refractivity contribution >= 4 is 45.6 Å².